The van der Waals surface area contributed by atoms with Gasteiger partial charge in [-0.15, -0.1) is 10.2 Å². The number of sulfonamides is 1. The Labute approximate surface area is 218 Å². The molecule has 0 bridgehead atoms. The van der Waals surface area contributed by atoms with Crippen LogP contribution in [0.3, 0.4) is 0 Å². The fourth-order valence-electron chi connectivity index (χ4n) is 5.23. The largest absolute Gasteiger partial charge is 0.494 e. The van der Waals surface area contributed by atoms with Gasteiger partial charge in [-0.25, -0.2) is 8.42 Å². The van der Waals surface area contributed by atoms with Gasteiger partial charge in [-0.3, -0.25) is 14.3 Å². The van der Waals surface area contributed by atoms with Crippen LogP contribution < -0.4 is 14.2 Å². The molecule has 11 heteroatoms. The number of methoxy groups -OCH3 is 3. The van der Waals surface area contributed by atoms with Crippen LogP contribution in [0.15, 0.2) is 36.7 Å². The highest BCUT2D eigenvalue weighted by atomic mass is 32.2. The summed E-state index contributed by atoms with van der Waals surface area (Å²) in [4.78, 5) is 4.27. The van der Waals surface area contributed by atoms with Crippen molar-refractivity contribution in [1.29, 1.82) is 0 Å². The van der Waals surface area contributed by atoms with Crippen molar-refractivity contribution in [2.45, 2.75) is 51.9 Å². The molecule has 0 spiro atoms. The number of benzene rings is 1. The second kappa shape index (κ2) is 10.3. The minimum Gasteiger partial charge on any atom is -0.494 e. The fourth-order valence-corrected chi connectivity index (χ4v) is 6.49. The van der Waals surface area contributed by atoms with Gasteiger partial charge < -0.3 is 14.2 Å². The summed E-state index contributed by atoms with van der Waals surface area (Å²) in [5.41, 5.74) is 2.23. The summed E-state index contributed by atoms with van der Waals surface area (Å²) in [6.45, 7) is 7.94. The van der Waals surface area contributed by atoms with Gasteiger partial charge in [-0.05, 0) is 61.8 Å². The Kier molecular flexibility index (Phi) is 7.48. The topological polar surface area (TPSA) is 117 Å². The van der Waals surface area contributed by atoms with E-state index in [1.165, 1.54) is 14.2 Å². The molecule has 0 saturated heterocycles. The molecule has 0 radical (unpaired) electrons. The van der Waals surface area contributed by atoms with Gasteiger partial charge in [0, 0.05) is 25.1 Å². The predicted molar refractivity (Wildman–Crippen MR) is 142 cm³/mol. The van der Waals surface area contributed by atoms with Crippen LogP contribution in [0.25, 0.3) is 17.1 Å². The van der Waals surface area contributed by atoms with E-state index in [0.717, 1.165) is 18.4 Å². The van der Waals surface area contributed by atoms with Crippen molar-refractivity contribution >= 4 is 16.0 Å². The second-order valence-electron chi connectivity index (χ2n) is 10.3. The normalized spacial score (nSPS) is 17.1. The maximum atomic E-state index is 13.7. The Balaban J connectivity index is 1.80. The number of hydrogen-bond donors (Lipinski definition) is 1. The lowest BCUT2D eigenvalue weighted by atomic mass is 9.62. The Bertz CT molecular complexity index is 1340. The summed E-state index contributed by atoms with van der Waals surface area (Å²) in [7, 11) is 0.704. The molecule has 0 amide bonds. The number of pyridine rings is 1. The summed E-state index contributed by atoms with van der Waals surface area (Å²) in [5, 5.41) is 7.77. The summed E-state index contributed by atoms with van der Waals surface area (Å²) in [6.07, 6.45) is 4.74. The van der Waals surface area contributed by atoms with E-state index >= 15 is 0 Å². The maximum absolute atomic E-state index is 13.7. The van der Waals surface area contributed by atoms with Gasteiger partial charge in [0.05, 0.1) is 20.3 Å². The molecular weight excluding hydrogens is 494 g/mol. The summed E-state index contributed by atoms with van der Waals surface area (Å²) in [6, 6.07) is 7.21. The average molecular weight is 530 g/mol. The highest BCUT2D eigenvalue weighted by molar-refractivity contribution is 7.93. The molecule has 3 aromatic rings. The quantitative estimate of drug-likeness (QED) is 0.415. The molecule has 4 rings (SSSR count). The summed E-state index contributed by atoms with van der Waals surface area (Å²) in [5.74, 6) is 1.47. The van der Waals surface area contributed by atoms with Crippen LogP contribution in [-0.4, -0.2) is 60.8 Å². The molecule has 37 heavy (non-hydrogen) atoms. The minimum atomic E-state index is -3.93. The van der Waals surface area contributed by atoms with E-state index in [1.54, 1.807) is 49.2 Å². The van der Waals surface area contributed by atoms with Crippen molar-refractivity contribution in [2.75, 3.05) is 26.1 Å². The number of hydrogen-bond acceptors (Lipinski definition) is 8. The molecule has 2 aromatic heterocycles. The van der Waals surface area contributed by atoms with Gasteiger partial charge in [-0.2, -0.15) is 0 Å². The molecule has 2 heterocycles. The first-order chi connectivity index (χ1) is 17.5. The van der Waals surface area contributed by atoms with Crippen LogP contribution in [0.1, 0.15) is 39.2 Å². The molecule has 1 N–H and O–H groups in total. The van der Waals surface area contributed by atoms with Crippen molar-refractivity contribution in [1.82, 2.24) is 19.7 Å². The van der Waals surface area contributed by atoms with Crippen LogP contribution in [0.5, 0.6) is 11.5 Å². The predicted octanol–water partition coefficient (Wildman–Crippen LogP) is 4.24. The Hall–Kier alpha value is -3.18. The highest BCUT2D eigenvalue weighted by Gasteiger charge is 2.45. The smallest absolute Gasteiger partial charge is 0.243 e. The lowest BCUT2D eigenvalue weighted by molar-refractivity contribution is -0.0367. The number of rotatable bonds is 10. The first kappa shape index (κ1) is 26.9. The van der Waals surface area contributed by atoms with E-state index in [1.807, 2.05) is 13.0 Å². The summed E-state index contributed by atoms with van der Waals surface area (Å²) < 4.78 is 48.5. The zero-order valence-electron chi connectivity index (χ0n) is 22.3. The van der Waals surface area contributed by atoms with E-state index in [9.17, 15) is 8.42 Å². The van der Waals surface area contributed by atoms with Crippen molar-refractivity contribution in [3.8, 4) is 28.6 Å². The third kappa shape index (κ3) is 5.28. The molecule has 1 saturated carbocycles. The van der Waals surface area contributed by atoms with Crippen LogP contribution in [0.2, 0.25) is 0 Å². The molecule has 10 nitrogen and oxygen atoms in total. The molecule has 1 aromatic carbocycles. The fraction of sp³-hybridized carbons (Fsp3) is 0.500. The molecule has 2 atom stereocenters. The highest BCUT2D eigenvalue weighted by Crippen LogP contribution is 2.48. The monoisotopic (exact) mass is 529 g/mol. The lowest BCUT2D eigenvalue weighted by Crippen LogP contribution is -2.48. The maximum Gasteiger partial charge on any atom is 0.243 e. The van der Waals surface area contributed by atoms with Crippen molar-refractivity contribution in [3.63, 3.8) is 0 Å². The number of nitrogens with one attached hydrogen (secondary N) is 1. The van der Waals surface area contributed by atoms with Gasteiger partial charge in [0.2, 0.25) is 16.0 Å². The van der Waals surface area contributed by atoms with Crippen LogP contribution in [-0.2, 0) is 14.8 Å². The van der Waals surface area contributed by atoms with E-state index in [2.05, 4.69) is 33.8 Å². The first-order valence-electron chi connectivity index (χ1n) is 12.1. The van der Waals surface area contributed by atoms with E-state index < -0.39 is 21.4 Å². The molecule has 0 unspecified atom stereocenters. The zero-order chi connectivity index (χ0) is 27.0. The van der Waals surface area contributed by atoms with Crippen LogP contribution >= 0.6 is 0 Å². The lowest BCUT2D eigenvalue weighted by Gasteiger charge is -2.47. The molecule has 1 aliphatic carbocycles. The second-order valence-corrected chi connectivity index (χ2v) is 12.4. The van der Waals surface area contributed by atoms with Gasteiger partial charge in [0.25, 0.3) is 0 Å². The van der Waals surface area contributed by atoms with Crippen LogP contribution in [0, 0.1) is 18.3 Å². The van der Waals surface area contributed by atoms with Crippen molar-refractivity contribution in [2.24, 2.45) is 11.3 Å². The number of para-hydroxylation sites is 1. The standard InChI is InChI=1S/C26H35N5O5S/c1-16-11-18(15-27-14-16)24-28-29-25(31(24)22-20(34-5)9-8-10-21(22)35-6)30-37(32,33)17(2)23(36-7)19-12-26(3,4)13-19/h8-11,14-15,17,19,23H,12-13H2,1-7H3,(H,29,30)/t17-,23+/m1/s1. The minimum absolute atomic E-state index is 0.00921. The zero-order valence-corrected chi connectivity index (χ0v) is 23.2. The number of nitrogens with zero attached hydrogens (tertiary/aromatic N) is 4. The third-order valence-electron chi connectivity index (χ3n) is 6.97. The van der Waals surface area contributed by atoms with Gasteiger partial charge in [0.1, 0.15) is 22.4 Å². The van der Waals surface area contributed by atoms with E-state index in [0.29, 0.717) is 28.6 Å². The first-order valence-corrected chi connectivity index (χ1v) is 13.7. The number of aromatic nitrogens is 4. The molecule has 1 fully saturated rings. The Morgan fingerprint density at radius 3 is 2.27 bits per heavy atom. The Morgan fingerprint density at radius 1 is 1.08 bits per heavy atom. The Morgan fingerprint density at radius 2 is 1.73 bits per heavy atom. The number of ether oxygens (including phenoxy) is 3. The number of anilines is 1. The van der Waals surface area contributed by atoms with Gasteiger partial charge in [-0.1, -0.05) is 19.9 Å². The third-order valence-corrected chi connectivity index (χ3v) is 8.69. The molecule has 1 aliphatic rings. The molecule has 0 aliphatic heterocycles. The molecule has 200 valence electrons. The SMILES string of the molecule is COc1cccc(OC)c1-n1c(NS(=O)(=O)[C@H](C)[C@H](OC)C2CC(C)(C)C2)nnc1-c1cncc(C)c1. The van der Waals surface area contributed by atoms with Gasteiger partial charge >= 0.3 is 0 Å². The molecular formula is C26H35N5O5S. The number of aryl methyl sites for hydroxylation is 1. The van der Waals surface area contributed by atoms with E-state index in [4.69, 9.17) is 14.2 Å². The van der Waals surface area contributed by atoms with Crippen molar-refractivity contribution in [3.05, 3.63) is 42.2 Å². The van der Waals surface area contributed by atoms with Crippen LogP contribution in [0.4, 0.5) is 5.95 Å². The van der Waals surface area contributed by atoms with Gasteiger partial charge in [0.15, 0.2) is 5.82 Å². The van der Waals surface area contributed by atoms with E-state index in [-0.39, 0.29) is 17.3 Å². The average Bonchev–Trinajstić information content (AvgIpc) is 3.24. The van der Waals surface area contributed by atoms with Crippen molar-refractivity contribution < 1.29 is 22.6 Å². The summed E-state index contributed by atoms with van der Waals surface area (Å²) >= 11 is 0.